The van der Waals surface area contributed by atoms with Crippen molar-refractivity contribution in [2.45, 2.75) is 13.0 Å². The molecule has 5 nitrogen and oxygen atoms in total. The Morgan fingerprint density at radius 3 is 2.62 bits per heavy atom. The molecule has 1 unspecified atom stereocenters. The maximum atomic E-state index is 12.7. The van der Waals surface area contributed by atoms with E-state index in [9.17, 15) is 4.79 Å². The van der Waals surface area contributed by atoms with Crippen molar-refractivity contribution < 1.29 is 0 Å². The standard InChI is InChI=1S/C15H13ClN4O/c1-9(17)14-19-13-12(3-2-8-18-13)15(21)20(14)11-6-4-10(16)5-7-11/h2-9H,17H2,1H3. The highest BCUT2D eigenvalue weighted by molar-refractivity contribution is 6.30. The molecule has 0 saturated carbocycles. The number of hydrogen-bond donors (Lipinski definition) is 1. The maximum absolute atomic E-state index is 12.7. The van der Waals surface area contributed by atoms with E-state index in [1.807, 2.05) is 0 Å². The number of aromatic nitrogens is 3. The summed E-state index contributed by atoms with van der Waals surface area (Å²) in [6.45, 7) is 1.78. The average Bonchev–Trinajstić information content (AvgIpc) is 2.48. The van der Waals surface area contributed by atoms with E-state index < -0.39 is 6.04 Å². The second-order valence-corrected chi connectivity index (χ2v) is 5.19. The molecule has 0 aliphatic carbocycles. The van der Waals surface area contributed by atoms with Crippen molar-refractivity contribution in [3.63, 3.8) is 0 Å². The molecule has 0 aliphatic rings. The van der Waals surface area contributed by atoms with Crippen molar-refractivity contribution in [1.29, 1.82) is 0 Å². The molecule has 0 amide bonds. The predicted molar refractivity (Wildman–Crippen MR) is 82.7 cm³/mol. The minimum absolute atomic E-state index is 0.192. The van der Waals surface area contributed by atoms with E-state index in [1.54, 1.807) is 49.5 Å². The van der Waals surface area contributed by atoms with E-state index in [-0.39, 0.29) is 5.56 Å². The molecule has 0 bridgehead atoms. The first-order valence-electron chi connectivity index (χ1n) is 6.47. The number of nitrogens with zero attached hydrogens (tertiary/aromatic N) is 3. The van der Waals surface area contributed by atoms with E-state index in [0.717, 1.165) is 0 Å². The monoisotopic (exact) mass is 300 g/mol. The lowest BCUT2D eigenvalue weighted by Gasteiger charge is -2.15. The quantitative estimate of drug-likeness (QED) is 0.789. The van der Waals surface area contributed by atoms with Gasteiger partial charge < -0.3 is 5.73 Å². The third-order valence-corrected chi connectivity index (χ3v) is 3.41. The summed E-state index contributed by atoms with van der Waals surface area (Å²) in [6.07, 6.45) is 1.60. The highest BCUT2D eigenvalue weighted by atomic mass is 35.5. The van der Waals surface area contributed by atoms with Gasteiger partial charge in [0.15, 0.2) is 5.65 Å². The minimum Gasteiger partial charge on any atom is -0.322 e. The van der Waals surface area contributed by atoms with Gasteiger partial charge in [-0.1, -0.05) is 11.6 Å². The molecule has 2 N–H and O–H groups in total. The fourth-order valence-corrected chi connectivity index (χ4v) is 2.31. The highest BCUT2D eigenvalue weighted by Gasteiger charge is 2.15. The Morgan fingerprint density at radius 1 is 1.24 bits per heavy atom. The van der Waals surface area contributed by atoms with Gasteiger partial charge in [-0.3, -0.25) is 9.36 Å². The second-order valence-electron chi connectivity index (χ2n) is 4.75. The van der Waals surface area contributed by atoms with Crippen LogP contribution in [0.25, 0.3) is 16.7 Å². The summed E-state index contributed by atoms with van der Waals surface area (Å²) in [5, 5.41) is 1.06. The normalized spacial score (nSPS) is 12.5. The number of benzene rings is 1. The largest absolute Gasteiger partial charge is 0.322 e. The third kappa shape index (κ3) is 2.41. The van der Waals surface area contributed by atoms with E-state index in [2.05, 4.69) is 9.97 Å². The Morgan fingerprint density at radius 2 is 1.95 bits per heavy atom. The molecule has 1 atom stereocenters. The van der Waals surface area contributed by atoms with Gasteiger partial charge in [0.25, 0.3) is 5.56 Å². The van der Waals surface area contributed by atoms with Crippen molar-refractivity contribution in [1.82, 2.24) is 14.5 Å². The van der Waals surface area contributed by atoms with Crippen LogP contribution in [0.2, 0.25) is 5.02 Å². The van der Waals surface area contributed by atoms with Gasteiger partial charge in [-0.05, 0) is 43.3 Å². The molecule has 0 spiro atoms. The molecule has 21 heavy (non-hydrogen) atoms. The van der Waals surface area contributed by atoms with Crippen LogP contribution in [0, 0.1) is 0 Å². The first kappa shape index (κ1) is 13.7. The molecule has 2 heterocycles. The van der Waals surface area contributed by atoms with Crippen molar-refractivity contribution in [2.24, 2.45) is 5.73 Å². The molecule has 3 rings (SSSR count). The Labute approximate surface area is 126 Å². The van der Waals surface area contributed by atoms with Crippen LogP contribution in [-0.4, -0.2) is 14.5 Å². The number of pyridine rings is 1. The summed E-state index contributed by atoms with van der Waals surface area (Å²) >= 11 is 5.90. The Kier molecular flexibility index (Phi) is 3.45. The SMILES string of the molecule is CC(N)c1nc2ncccc2c(=O)n1-c1ccc(Cl)cc1. The molecule has 2 aromatic heterocycles. The van der Waals surface area contributed by atoms with Gasteiger partial charge in [0, 0.05) is 11.2 Å². The van der Waals surface area contributed by atoms with E-state index in [1.165, 1.54) is 4.57 Å². The van der Waals surface area contributed by atoms with Crippen LogP contribution in [0.4, 0.5) is 0 Å². The summed E-state index contributed by atoms with van der Waals surface area (Å²) in [7, 11) is 0. The highest BCUT2D eigenvalue weighted by Crippen LogP contribution is 2.17. The Bertz CT molecular complexity index is 856. The minimum atomic E-state index is -0.403. The summed E-state index contributed by atoms with van der Waals surface area (Å²) in [5.41, 5.74) is 6.85. The fourth-order valence-electron chi connectivity index (χ4n) is 2.18. The molecule has 3 aromatic rings. The molecule has 6 heteroatoms. The Balaban J connectivity index is 2.39. The summed E-state index contributed by atoms with van der Waals surface area (Å²) in [4.78, 5) is 21.3. The smallest absolute Gasteiger partial charge is 0.267 e. The lowest BCUT2D eigenvalue weighted by molar-refractivity contribution is 0.694. The van der Waals surface area contributed by atoms with Crippen LogP contribution in [0.1, 0.15) is 18.8 Å². The van der Waals surface area contributed by atoms with E-state index >= 15 is 0 Å². The fraction of sp³-hybridized carbons (Fsp3) is 0.133. The third-order valence-electron chi connectivity index (χ3n) is 3.16. The number of nitrogens with two attached hydrogens (primary N) is 1. The van der Waals surface area contributed by atoms with Crippen LogP contribution < -0.4 is 11.3 Å². The van der Waals surface area contributed by atoms with Crippen LogP contribution in [0.5, 0.6) is 0 Å². The number of rotatable bonds is 2. The van der Waals surface area contributed by atoms with Crippen LogP contribution in [0.3, 0.4) is 0 Å². The summed E-state index contributed by atoms with van der Waals surface area (Å²) < 4.78 is 1.50. The zero-order valence-corrected chi connectivity index (χ0v) is 12.1. The molecular formula is C15H13ClN4O. The van der Waals surface area contributed by atoms with Crippen LogP contribution in [-0.2, 0) is 0 Å². The summed E-state index contributed by atoms with van der Waals surface area (Å²) in [6, 6.07) is 9.99. The first-order valence-corrected chi connectivity index (χ1v) is 6.85. The van der Waals surface area contributed by atoms with E-state index in [0.29, 0.717) is 27.6 Å². The van der Waals surface area contributed by atoms with E-state index in [4.69, 9.17) is 17.3 Å². The average molecular weight is 301 g/mol. The van der Waals surface area contributed by atoms with Crippen LogP contribution in [0.15, 0.2) is 47.4 Å². The molecule has 0 saturated heterocycles. The second kappa shape index (κ2) is 5.27. The zero-order chi connectivity index (χ0) is 15.0. The molecule has 0 radical (unpaired) electrons. The van der Waals surface area contributed by atoms with Gasteiger partial charge in [0.1, 0.15) is 5.82 Å². The topological polar surface area (TPSA) is 73.8 Å². The van der Waals surface area contributed by atoms with Crippen molar-refractivity contribution in [2.75, 3.05) is 0 Å². The molecule has 0 fully saturated rings. The van der Waals surface area contributed by atoms with Crippen molar-refractivity contribution >= 4 is 22.6 Å². The predicted octanol–water partition coefficient (Wildman–Crippen LogP) is 2.45. The molecule has 1 aromatic carbocycles. The first-order chi connectivity index (χ1) is 10.1. The van der Waals surface area contributed by atoms with Crippen LogP contribution >= 0.6 is 11.6 Å². The van der Waals surface area contributed by atoms with Gasteiger partial charge in [0.05, 0.1) is 17.1 Å². The van der Waals surface area contributed by atoms with Gasteiger partial charge >= 0.3 is 0 Å². The Hall–Kier alpha value is -2.24. The molecule has 106 valence electrons. The molecule has 0 aliphatic heterocycles. The lowest BCUT2D eigenvalue weighted by Crippen LogP contribution is -2.27. The lowest BCUT2D eigenvalue weighted by atomic mass is 10.2. The van der Waals surface area contributed by atoms with Gasteiger partial charge in [-0.2, -0.15) is 0 Å². The number of halogens is 1. The number of fused-ring (bicyclic) bond motifs is 1. The van der Waals surface area contributed by atoms with Crippen molar-refractivity contribution in [3.05, 3.63) is 63.8 Å². The summed E-state index contributed by atoms with van der Waals surface area (Å²) in [5.74, 6) is 0.466. The zero-order valence-electron chi connectivity index (χ0n) is 11.3. The van der Waals surface area contributed by atoms with Gasteiger partial charge in [-0.15, -0.1) is 0 Å². The maximum Gasteiger partial charge on any atom is 0.267 e. The van der Waals surface area contributed by atoms with Gasteiger partial charge in [-0.25, -0.2) is 9.97 Å². The van der Waals surface area contributed by atoms with Gasteiger partial charge in [0.2, 0.25) is 0 Å². The molecular weight excluding hydrogens is 288 g/mol. The van der Waals surface area contributed by atoms with Crippen molar-refractivity contribution in [3.8, 4) is 5.69 Å². The number of hydrogen-bond acceptors (Lipinski definition) is 4.